The summed E-state index contributed by atoms with van der Waals surface area (Å²) in [7, 11) is 1.35. The minimum atomic E-state index is -0.651. The van der Waals surface area contributed by atoms with Crippen LogP contribution in [-0.2, 0) is 19.1 Å². The molecule has 0 heterocycles. The van der Waals surface area contributed by atoms with Gasteiger partial charge >= 0.3 is 5.97 Å². The van der Waals surface area contributed by atoms with Crippen molar-refractivity contribution in [3.05, 3.63) is 0 Å². The van der Waals surface area contributed by atoms with Crippen molar-refractivity contribution < 1.29 is 19.1 Å². The largest absolute Gasteiger partial charge is 0.467 e. The zero-order valence-corrected chi connectivity index (χ0v) is 17.7. The molecule has 2 amide bonds. The molecule has 6 nitrogen and oxygen atoms in total. The van der Waals surface area contributed by atoms with Crippen LogP contribution < -0.4 is 10.6 Å². The van der Waals surface area contributed by atoms with Crippen molar-refractivity contribution in [3.8, 4) is 0 Å². The van der Waals surface area contributed by atoms with E-state index in [4.69, 9.17) is 4.74 Å². The average Bonchev–Trinajstić information content (AvgIpc) is 2.59. The lowest BCUT2D eigenvalue weighted by Gasteiger charge is -2.27. The number of methoxy groups -OCH3 is 1. The summed E-state index contributed by atoms with van der Waals surface area (Å²) in [5, 5.41) is 5.69. The lowest BCUT2D eigenvalue weighted by Crippen LogP contribution is -2.52. The Balaban J connectivity index is 2.76. The van der Waals surface area contributed by atoms with Crippen LogP contribution in [0.3, 0.4) is 0 Å². The monoisotopic (exact) mass is 382 g/mol. The fraction of sp³-hybridized carbons (Fsp3) is 0.857. The van der Waals surface area contributed by atoms with Crippen LogP contribution >= 0.6 is 0 Å². The molecule has 0 aromatic rings. The Morgan fingerprint density at radius 1 is 0.926 bits per heavy atom. The Bertz CT molecular complexity index is 485. The van der Waals surface area contributed by atoms with E-state index in [9.17, 15) is 14.4 Å². The maximum absolute atomic E-state index is 12.8. The summed E-state index contributed by atoms with van der Waals surface area (Å²) >= 11 is 0. The standard InChI is InChI=1S/C21H38N2O4/c1-14(2)11-17(22-19(24)12-15(3)4)20(25)23-18(21(26)27-5)13-16-9-7-6-8-10-16/h14-18H,6-13H2,1-5H3,(H,22,24)(H,23,25). The van der Waals surface area contributed by atoms with Gasteiger partial charge in [0, 0.05) is 6.42 Å². The van der Waals surface area contributed by atoms with Crippen molar-refractivity contribution in [1.29, 1.82) is 0 Å². The molecule has 27 heavy (non-hydrogen) atoms. The van der Waals surface area contributed by atoms with Crippen molar-refractivity contribution in [2.24, 2.45) is 17.8 Å². The summed E-state index contributed by atoms with van der Waals surface area (Å²) in [5.74, 6) is 0.0598. The van der Waals surface area contributed by atoms with Gasteiger partial charge in [-0.15, -0.1) is 0 Å². The molecule has 2 atom stereocenters. The number of carbonyl (C=O) groups excluding carboxylic acids is 3. The predicted octanol–water partition coefficient (Wildman–Crippen LogP) is 3.19. The van der Waals surface area contributed by atoms with E-state index in [2.05, 4.69) is 10.6 Å². The van der Waals surface area contributed by atoms with Gasteiger partial charge in [0.25, 0.3) is 0 Å². The highest BCUT2D eigenvalue weighted by atomic mass is 16.5. The summed E-state index contributed by atoms with van der Waals surface area (Å²) < 4.78 is 4.91. The van der Waals surface area contributed by atoms with Crippen LogP contribution in [-0.4, -0.2) is 37.0 Å². The van der Waals surface area contributed by atoms with Crippen molar-refractivity contribution in [3.63, 3.8) is 0 Å². The van der Waals surface area contributed by atoms with Gasteiger partial charge in [-0.05, 0) is 30.6 Å². The molecule has 1 fully saturated rings. The fourth-order valence-electron chi connectivity index (χ4n) is 3.71. The smallest absolute Gasteiger partial charge is 0.328 e. The number of hydrogen-bond donors (Lipinski definition) is 2. The van der Waals surface area contributed by atoms with Crippen LogP contribution in [0.25, 0.3) is 0 Å². The topological polar surface area (TPSA) is 84.5 Å². The summed E-state index contributed by atoms with van der Waals surface area (Å²) in [6.07, 6.45) is 7.28. The molecule has 0 aliphatic heterocycles. The number of amides is 2. The van der Waals surface area contributed by atoms with E-state index in [1.54, 1.807) is 0 Å². The fourth-order valence-corrected chi connectivity index (χ4v) is 3.71. The minimum Gasteiger partial charge on any atom is -0.467 e. The van der Waals surface area contributed by atoms with Crippen LogP contribution in [0.5, 0.6) is 0 Å². The predicted molar refractivity (Wildman–Crippen MR) is 106 cm³/mol. The molecular formula is C21H38N2O4. The number of nitrogens with one attached hydrogen (secondary N) is 2. The van der Waals surface area contributed by atoms with E-state index >= 15 is 0 Å². The number of carbonyl (C=O) groups is 3. The molecule has 2 unspecified atom stereocenters. The summed E-state index contributed by atoms with van der Waals surface area (Å²) in [4.78, 5) is 37.2. The molecule has 1 rings (SSSR count). The van der Waals surface area contributed by atoms with Crippen molar-refractivity contribution in [2.75, 3.05) is 7.11 Å². The molecule has 0 aromatic heterocycles. The molecule has 1 aliphatic carbocycles. The van der Waals surface area contributed by atoms with E-state index in [1.165, 1.54) is 26.4 Å². The Morgan fingerprint density at radius 2 is 1.56 bits per heavy atom. The molecule has 2 N–H and O–H groups in total. The lowest BCUT2D eigenvalue weighted by molar-refractivity contribution is -0.146. The first-order chi connectivity index (χ1) is 12.7. The zero-order valence-electron chi connectivity index (χ0n) is 17.7. The minimum absolute atomic E-state index is 0.132. The Kier molecular flexibility index (Phi) is 10.4. The van der Waals surface area contributed by atoms with Gasteiger partial charge in [0.2, 0.25) is 11.8 Å². The molecule has 1 aliphatic rings. The normalized spacial score (nSPS) is 17.4. The second kappa shape index (κ2) is 12.0. The van der Waals surface area contributed by atoms with Crippen molar-refractivity contribution in [2.45, 2.75) is 91.1 Å². The van der Waals surface area contributed by atoms with E-state index in [0.717, 1.165) is 12.8 Å². The highest BCUT2D eigenvalue weighted by Crippen LogP contribution is 2.27. The summed E-state index contributed by atoms with van der Waals surface area (Å²) in [6, 6.07) is -1.28. The first-order valence-corrected chi connectivity index (χ1v) is 10.4. The molecule has 1 saturated carbocycles. The van der Waals surface area contributed by atoms with Gasteiger partial charge in [-0.2, -0.15) is 0 Å². The molecule has 0 aromatic carbocycles. The number of ether oxygens (including phenoxy) is 1. The van der Waals surface area contributed by atoms with Gasteiger partial charge in [0.1, 0.15) is 12.1 Å². The summed E-state index contributed by atoms with van der Waals surface area (Å²) in [5.41, 5.74) is 0. The molecule has 6 heteroatoms. The third kappa shape index (κ3) is 9.25. The molecular weight excluding hydrogens is 344 g/mol. The van der Waals surface area contributed by atoms with E-state index in [1.807, 2.05) is 27.7 Å². The lowest BCUT2D eigenvalue weighted by atomic mass is 9.84. The van der Waals surface area contributed by atoms with Crippen LogP contribution in [0.2, 0.25) is 0 Å². The Hall–Kier alpha value is -1.59. The number of esters is 1. The van der Waals surface area contributed by atoms with Gasteiger partial charge in [-0.3, -0.25) is 9.59 Å². The molecule has 0 bridgehead atoms. The first-order valence-electron chi connectivity index (χ1n) is 10.4. The summed E-state index contributed by atoms with van der Waals surface area (Å²) in [6.45, 7) is 7.95. The van der Waals surface area contributed by atoms with Crippen LogP contribution in [0.1, 0.15) is 79.1 Å². The van der Waals surface area contributed by atoms with E-state index in [0.29, 0.717) is 25.2 Å². The van der Waals surface area contributed by atoms with E-state index < -0.39 is 18.1 Å². The number of rotatable bonds is 10. The molecule has 0 saturated heterocycles. The molecule has 156 valence electrons. The maximum Gasteiger partial charge on any atom is 0.328 e. The SMILES string of the molecule is COC(=O)C(CC1CCCCC1)NC(=O)C(CC(C)C)NC(=O)CC(C)C. The highest BCUT2D eigenvalue weighted by Gasteiger charge is 2.30. The Labute approximate surface area is 164 Å². The van der Waals surface area contributed by atoms with Gasteiger partial charge in [0.15, 0.2) is 0 Å². The average molecular weight is 383 g/mol. The Morgan fingerprint density at radius 3 is 2.07 bits per heavy atom. The molecule has 0 spiro atoms. The van der Waals surface area contributed by atoms with Gasteiger partial charge in [0.05, 0.1) is 7.11 Å². The molecule has 0 radical (unpaired) electrons. The van der Waals surface area contributed by atoms with Gasteiger partial charge < -0.3 is 15.4 Å². The van der Waals surface area contributed by atoms with Crippen molar-refractivity contribution >= 4 is 17.8 Å². The third-order valence-corrected chi connectivity index (χ3v) is 5.05. The first kappa shape index (κ1) is 23.4. The zero-order chi connectivity index (χ0) is 20.4. The quantitative estimate of drug-likeness (QED) is 0.568. The van der Waals surface area contributed by atoms with Crippen LogP contribution in [0, 0.1) is 17.8 Å². The van der Waals surface area contributed by atoms with E-state index in [-0.39, 0.29) is 23.7 Å². The number of hydrogen-bond acceptors (Lipinski definition) is 4. The van der Waals surface area contributed by atoms with Gasteiger partial charge in [-0.1, -0.05) is 59.8 Å². The van der Waals surface area contributed by atoms with Crippen molar-refractivity contribution in [1.82, 2.24) is 10.6 Å². The third-order valence-electron chi connectivity index (χ3n) is 5.05. The van der Waals surface area contributed by atoms with Gasteiger partial charge in [-0.25, -0.2) is 4.79 Å². The maximum atomic E-state index is 12.8. The van der Waals surface area contributed by atoms with Crippen LogP contribution in [0.4, 0.5) is 0 Å². The second-order valence-electron chi connectivity index (χ2n) is 8.67. The highest BCUT2D eigenvalue weighted by molar-refractivity contribution is 5.90. The van der Waals surface area contributed by atoms with Crippen LogP contribution in [0.15, 0.2) is 0 Å². The second-order valence-corrected chi connectivity index (χ2v) is 8.67.